The van der Waals surface area contributed by atoms with Crippen LogP contribution < -0.4 is 9.47 Å². The number of aliphatic hydroxyl groups is 2. The number of carbonyl (C=O) groups excluding carboxylic acids is 2. The third-order valence-corrected chi connectivity index (χ3v) is 5.10. The number of nitrogens with zero attached hydrogens (tertiary/aromatic N) is 1. The average Bonchev–Trinajstić information content (AvgIpc) is 3.06. The van der Waals surface area contributed by atoms with Crippen molar-refractivity contribution in [2.24, 2.45) is 0 Å². The van der Waals surface area contributed by atoms with Crippen LogP contribution in [0.5, 0.6) is 11.5 Å². The summed E-state index contributed by atoms with van der Waals surface area (Å²) < 4.78 is 10.9. The molecule has 0 spiro atoms. The zero-order valence-corrected chi connectivity index (χ0v) is 18.0. The van der Waals surface area contributed by atoms with Crippen LogP contribution in [0.25, 0.3) is 5.76 Å². The highest BCUT2D eigenvalue weighted by Gasteiger charge is 2.45. The Balaban J connectivity index is 2.04. The van der Waals surface area contributed by atoms with Gasteiger partial charge >= 0.3 is 0 Å². The minimum absolute atomic E-state index is 0.0110. The number of aliphatic hydroxyl groups excluding tert-OH is 2. The van der Waals surface area contributed by atoms with Gasteiger partial charge in [0.2, 0.25) is 0 Å². The third kappa shape index (κ3) is 4.84. The van der Waals surface area contributed by atoms with E-state index in [9.17, 15) is 19.8 Å². The number of ether oxygens (including phenoxy) is 2. The van der Waals surface area contributed by atoms with Gasteiger partial charge in [-0.3, -0.25) is 9.59 Å². The molecule has 1 aliphatic heterocycles. The van der Waals surface area contributed by atoms with Gasteiger partial charge in [0.1, 0.15) is 23.9 Å². The number of rotatable bonds is 10. The van der Waals surface area contributed by atoms with Crippen molar-refractivity contribution in [3.8, 4) is 11.5 Å². The smallest absolute Gasteiger partial charge is 0.295 e. The van der Waals surface area contributed by atoms with E-state index in [1.54, 1.807) is 54.6 Å². The van der Waals surface area contributed by atoms with Gasteiger partial charge in [0.15, 0.2) is 0 Å². The van der Waals surface area contributed by atoms with Gasteiger partial charge in [-0.15, -0.1) is 0 Å². The van der Waals surface area contributed by atoms with Crippen molar-refractivity contribution in [1.29, 1.82) is 0 Å². The Kier molecular flexibility index (Phi) is 7.68. The lowest BCUT2D eigenvalue weighted by atomic mass is 9.95. The molecule has 2 N–H and O–H groups in total. The van der Waals surface area contributed by atoms with E-state index in [4.69, 9.17) is 9.47 Å². The lowest BCUT2D eigenvalue weighted by Crippen LogP contribution is -2.31. The van der Waals surface area contributed by atoms with Gasteiger partial charge < -0.3 is 24.6 Å². The van der Waals surface area contributed by atoms with Crippen LogP contribution in [0.3, 0.4) is 0 Å². The molecule has 0 aliphatic carbocycles. The summed E-state index contributed by atoms with van der Waals surface area (Å²) in [7, 11) is 0. The minimum Gasteiger partial charge on any atom is -0.507 e. The lowest BCUT2D eigenvalue weighted by Gasteiger charge is -2.25. The fourth-order valence-corrected chi connectivity index (χ4v) is 3.63. The number of ketones is 1. The molecule has 1 atom stereocenters. The number of carbonyl (C=O) groups is 2. The number of Topliss-reactive ketones (excluding diaryl/α,β-unsaturated/α-hetero) is 1. The number of likely N-dealkylation sites (tertiary alicyclic amines) is 1. The van der Waals surface area contributed by atoms with E-state index in [1.807, 2.05) is 6.92 Å². The Labute approximate surface area is 187 Å². The molecular formula is C25H27NO6. The number of hydrogen-bond acceptors (Lipinski definition) is 6. The van der Waals surface area contributed by atoms with Crippen molar-refractivity contribution in [2.75, 3.05) is 26.4 Å². The largest absolute Gasteiger partial charge is 0.507 e. The Morgan fingerprint density at radius 3 is 2.28 bits per heavy atom. The van der Waals surface area contributed by atoms with E-state index in [1.165, 1.54) is 4.90 Å². The van der Waals surface area contributed by atoms with E-state index in [0.717, 1.165) is 0 Å². The van der Waals surface area contributed by atoms with Crippen LogP contribution in [0.4, 0.5) is 0 Å². The summed E-state index contributed by atoms with van der Waals surface area (Å²) in [6, 6.07) is 12.9. The van der Waals surface area contributed by atoms with Crippen molar-refractivity contribution >= 4 is 17.4 Å². The number of amides is 1. The van der Waals surface area contributed by atoms with Crippen LogP contribution in [0.2, 0.25) is 0 Å². The molecule has 1 heterocycles. The first-order valence-electron chi connectivity index (χ1n) is 10.5. The molecule has 0 radical (unpaired) electrons. The Morgan fingerprint density at radius 2 is 1.69 bits per heavy atom. The highest BCUT2D eigenvalue weighted by atomic mass is 16.5. The SMILES string of the molecule is C=CCOc1ccc(C2C(=C(O)c3ccc(OCC)cc3)C(=O)C(=O)N2CCCO)cc1. The van der Waals surface area contributed by atoms with E-state index in [0.29, 0.717) is 42.3 Å². The summed E-state index contributed by atoms with van der Waals surface area (Å²) in [6.45, 7) is 6.41. The topological polar surface area (TPSA) is 96.3 Å². The number of hydrogen-bond donors (Lipinski definition) is 2. The van der Waals surface area contributed by atoms with E-state index >= 15 is 0 Å². The van der Waals surface area contributed by atoms with Crippen LogP contribution in [0.15, 0.2) is 66.8 Å². The standard InChI is InChI=1S/C25H27NO6/c1-3-16-32-20-10-6-17(7-11-20)22-21(24(29)25(30)26(22)14-5-15-27)23(28)18-8-12-19(13-9-18)31-4-2/h3,6-13,22,27-28H,1,4-5,14-16H2,2H3. The average molecular weight is 437 g/mol. The van der Waals surface area contributed by atoms with Crippen LogP contribution in [0, 0.1) is 0 Å². The summed E-state index contributed by atoms with van der Waals surface area (Å²) in [5.41, 5.74) is 1.07. The molecule has 1 unspecified atom stereocenters. The Morgan fingerprint density at radius 1 is 1.06 bits per heavy atom. The van der Waals surface area contributed by atoms with Crippen LogP contribution in [-0.4, -0.2) is 53.2 Å². The van der Waals surface area contributed by atoms with Gasteiger partial charge in [-0.2, -0.15) is 0 Å². The summed E-state index contributed by atoms with van der Waals surface area (Å²) in [4.78, 5) is 27.1. The van der Waals surface area contributed by atoms with Crippen molar-refractivity contribution in [3.63, 3.8) is 0 Å². The predicted octanol–water partition coefficient (Wildman–Crippen LogP) is 3.45. The summed E-state index contributed by atoms with van der Waals surface area (Å²) >= 11 is 0. The molecule has 0 bridgehead atoms. The first-order chi connectivity index (χ1) is 15.5. The van der Waals surface area contributed by atoms with Gasteiger partial charge in [-0.05, 0) is 55.3 Å². The molecule has 0 aromatic heterocycles. The molecule has 1 amide bonds. The van der Waals surface area contributed by atoms with Crippen molar-refractivity contribution in [1.82, 2.24) is 4.90 Å². The quantitative estimate of drug-likeness (QED) is 0.256. The molecule has 3 rings (SSSR count). The maximum absolute atomic E-state index is 12.9. The third-order valence-electron chi connectivity index (χ3n) is 5.10. The fraction of sp³-hybridized carbons (Fsp3) is 0.280. The second-order valence-corrected chi connectivity index (χ2v) is 7.20. The fourth-order valence-electron chi connectivity index (χ4n) is 3.63. The van der Waals surface area contributed by atoms with Crippen molar-refractivity contribution < 1.29 is 29.3 Å². The highest BCUT2D eigenvalue weighted by Crippen LogP contribution is 2.40. The normalized spacial score (nSPS) is 17.4. The van der Waals surface area contributed by atoms with E-state index < -0.39 is 17.7 Å². The molecule has 2 aromatic carbocycles. The highest BCUT2D eigenvalue weighted by molar-refractivity contribution is 6.46. The first-order valence-corrected chi connectivity index (χ1v) is 10.5. The van der Waals surface area contributed by atoms with Crippen LogP contribution in [-0.2, 0) is 9.59 Å². The van der Waals surface area contributed by atoms with Gasteiger partial charge in [-0.25, -0.2) is 0 Å². The second kappa shape index (κ2) is 10.6. The summed E-state index contributed by atoms with van der Waals surface area (Å²) in [5.74, 6) is -0.462. The maximum Gasteiger partial charge on any atom is 0.295 e. The van der Waals surface area contributed by atoms with Crippen molar-refractivity contribution in [2.45, 2.75) is 19.4 Å². The molecule has 1 fully saturated rings. The van der Waals surface area contributed by atoms with E-state index in [-0.39, 0.29) is 24.5 Å². The number of benzene rings is 2. The molecule has 0 saturated carbocycles. The van der Waals surface area contributed by atoms with Gasteiger partial charge in [0.25, 0.3) is 11.7 Å². The second-order valence-electron chi connectivity index (χ2n) is 7.20. The van der Waals surface area contributed by atoms with E-state index in [2.05, 4.69) is 6.58 Å². The molecule has 1 aliphatic rings. The van der Waals surface area contributed by atoms with Crippen LogP contribution in [0.1, 0.15) is 30.5 Å². The summed E-state index contributed by atoms with van der Waals surface area (Å²) in [6.07, 6.45) is 1.95. The first kappa shape index (κ1) is 23.1. The van der Waals surface area contributed by atoms with Gasteiger partial charge in [-0.1, -0.05) is 24.8 Å². The monoisotopic (exact) mass is 437 g/mol. The minimum atomic E-state index is -0.776. The zero-order chi connectivity index (χ0) is 23.1. The predicted molar refractivity (Wildman–Crippen MR) is 120 cm³/mol. The zero-order valence-electron chi connectivity index (χ0n) is 18.0. The van der Waals surface area contributed by atoms with Crippen molar-refractivity contribution in [3.05, 3.63) is 77.9 Å². The Hall–Kier alpha value is -3.58. The molecule has 7 nitrogen and oxygen atoms in total. The van der Waals surface area contributed by atoms with Crippen LogP contribution >= 0.6 is 0 Å². The van der Waals surface area contributed by atoms with Gasteiger partial charge in [0.05, 0.1) is 18.2 Å². The molecule has 168 valence electrons. The lowest BCUT2D eigenvalue weighted by molar-refractivity contribution is -0.140. The molecule has 2 aromatic rings. The molecular weight excluding hydrogens is 410 g/mol. The molecule has 7 heteroatoms. The summed E-state index contributed by atoms with van der Waals surface area (Å²) in [5, 5.41) is 20.3. The Bertz CT molecular complexity index is 994. The molecule has 32 heavy (non-hydrogen) atoms. The molecule has 1 saturated heterocycles. The maximum atomic E-state index is 12.9. The van der Waals surface area contributed by atoms with Gasteiger partial charge in [0, 0.05) is 18.7 Å².